The number of hydrogen-bond acceptors (Lipinski definition) is 4. The molecule has 1 aromatic heterocycles. The normalized spacial score (nSPS) is 32.9. The number of hydrogen-bond donors (Lipinski definition) is 1. The van der Waals surface area contributed by atoms with E-state index in [-0.39, 0.29) is 17.5 Å². The maximum atomic E-state index is 13.8. The average molecular weight is 543 g/mol. The van der Waals surface area contributed by atoms with Gasteiger partial charge < -0.3 is 10.6 Å². The molecular weight excluding hydrogens is 504 g/mol. The van der Waals surface area contributed by atoms with Gasteiger partial charge in [0.05, 0.1) is 23.0 Å². The number of aryl methyl sites for hydroxylation is 2. The highest BCUT2D eigenvalue weighted by Crippen LogP contribution is 2.65. The fraction of sp³-hybridized carbons (Fsp3) is 0.472. The van der Waals surface area contributed by atoms with Gasteiger partial charge in [-0.1, -0.05) is 18.2 Å². The second-order valence-corrected chi connectivity index (χ2v) is 14.0. The van der Waals surface area contributed by atoms with Crippen LogP contribution in [0.15, 0.2) is 53.7 Å². The number of rotatable bonds is 3. The molecule has 6 aliphatic rings. The second kappa shape index (κ2) is 8.38. The lowest BCUT2D eigenvalue weighted by Gasteiger charge is -2.40. The van der Waals surface area contributed by atoms with Crippen molar-refractivity contribution in [2.24, 2.45) is 28.5 Å². The smallest absolute Gasteiger partial charge is 0.254 e. The van der Waals surface area contributed by atoms with E-state index < -0.39 is 0 Å². The van der Waals surface area contributed by atoms with Gasteiger partial charge in [-0.3, -0.25) is 14.8 Å². The number of pyridine rings is 1. The van der Waals surface area contributed by atoms with Crippen LogP contribution < -0.4 is 5.73 Å². The molecule has 0 saturated heterocycles. The number of fused-ring (bicyclic) bond motifs is 10. The second-order valence-electron chi connectivity index (χ2n) is 14.0. The largest absolute Gasteiger partial charge is 0.333 e. The molecule has 1 amide bonds. The Bertz CT molecular complexity index is 1670. The summed E-state index contributed by atoms with van der Waals surface area (Å²) in [5, 5.41) is 0. The Morgan fingerprint density at radius 1 is 1.02 bits per heavy atom. The fourth-order valence-corrected chi connectivity index (χ4v) is 9.13. The van der Waals surface area contributed by atoms with Gasteiger partial charge in [-0.15, -0.1) is 0 Å². The molecular formula is C36H38N4O. The van der Waals surface area contributed by atoms with Crippen molar-refractivity contribution >= 4 is 17.3 Å². The van der Waals surface area contributed by atoms with Crippen LogP contribution >= 0.6 is 0 Å². The number of benzene rings is 2. The van der Waals surface area contributed by atoms with Crippen molar-refractivity contribution in [1.29, 1.82) is 0 Å². The number of aliphatic imine (C=N–C) groups is 1. The fourth-order valence-electron chi connectivity index (χ4n) is 9.13. The topological polar surface area (TPSA) is 71.6 Å². The maximum Gasteiger partial charge on any atom is 0.254 e. The molecule has 3 aromatic rings. The summed E-state index contributed by atoms with van der Waals surface area (Å²) in [6, 6.07) is 15.6. The molecule has 5 nitrogen and oxygen atoms in total. The van der Waals surface area contributed by atoms with Crippen LogP contribution in [0.4, 0.5) is 5.69 Å². The Balaban J connectivity index is 1.08. The van der Waals surface area contributed by atoms with Gasteiger partial charge in [0.2, 0.25) is 0 Å². The van der Waals surface area contributed by atoms with E-state index in [9.17, 15) is 4.79 Å². The third-order valence-electron chi connectivity index (χ3n) is 11.6. The third kappa shape index (κ3) is 3.54. The van der Waals surface area contributed by atoms with E-state index in [1.54, 1.807) is 0 Å². The van der Waals surface area contributed by atoms with Gasteiger partial charge in [0.15, 0.2) is 0 Å². The van der Waals surface area contributed by atoms with Gasteiger partial charge in [-0.25, -0.2) is 0 Å². The van der Waals surface area contributed by atoms with Crippen molar-refractivity contribution in [1.82, 2.24) is 9.88 Å². The lowest BCUT2D eigenvalue weighted by molar-refractivity contribution is 0.0763. The molecule has 41 heavy (non-hydrogen) atoms. The SMILES string of the molecule is Cc1cc(-c2ccc3c(c2)CCC2CC(=N3)[C@H]3C[C@@H]2c2c(cccc2C2CC2)C(=O)N3C)cnc1[C@@]1(N)C[C@@H]2CC21. The van der Waals surface area contributed by atoms with Crippen molar-refractivity contribution in [3.05, 3.63) is 82.2 Å². The Kier molecular flexibility index (Phi) is 4.97. The van der Waals surface area contributed by atoms with Crippen molar-refractivity contribution < 1.29 is 4.79 Å². The van der Waals surface area contributed by atoms with Crippen LogP contribution in [0.1, 0.15) is 95.1 Å². The quantitative estimate of drug-likeness (QED) is 0.396. The van der Waals surface area contributed by atoms with Crippen LogP contribution in [0, 0.1) is 24.7 Å². The minimum atomic E-state index is -0.212. The summed E-state index contributed by atoms with van der Waals surface area (Å²) in [6.07, 6.45) is 11.0. The molecule has 0 radical (unpaired) electrons. The van der Waals surface area contributed by atoms with E-state index in [1.807, 2.05) is 18.1 Å². The summed E-state index contributed by atoms with van der Waals surface area (Å²) in [7, 11) is 1.99. The summed E-state index contributed by atoms with van der Waals surface area (Å²) in [5.41, 5.74) is 18.6. The van der Waals surface area contributed by atoms with Crippen molar-refractivity contribution in [3.63, 3.8) is 0 Å². The molecule has 5 heteroatoms. The van der Waals surface area contributed by atoms with E-state index in [2.05, 4.69) is 49.4 Å². The van der Waals surface area contributed by atoms with Crippen LogP contribution in [0.5, 0.6) is 0 Å². The minimum Gasteiger partial charge on any atom is -0.333 e. The summed E-state index contributed by atoms with van der Waals surface area (Å²) < 4.78 is 0. The van der Waals surface area contributed by atoms with Crippen molar-refractivity contribution in [2.45, 2.75) is 81.7 Å². The van der Waals surface area contributed by atoms with Gasteiger partial charge in [0, 0.05) is 30.1 Å². The molecule has 9 rings (SSSR count). The number of amides is 1. The summed E-state index contributed by atoms with van der Waals surface area (Å²) >= 11 is 0. The number of nitrogens with zero attached hydrogens (tertiary/aromatic N) is 3. The average Bonchev–Trinajstić information content (AvgIpc) is 3.90. The Labute approximate surface area is 242 Å². The molecule has 2 aromatic carbocycles. The lowest BCUT2D eigenvalue weighted by atomic mass is 9.68. The molecule has 3 heterocycles. The molecule has 4 aliphatic carbocycles. The van der Waals surface area contributed by atoms with E-state index in [0.717, 1.165) is 60.5 Å². The van der Waals surface area contributed by atoms with E-state index >= 15 is 0 Å². The van der Waals surface area contributed by atoms with Crippen molar-refractivity contribution in [3.8, 4) is 11.1 Å². The van der Waals surface area contributed by atoms with Crippen LogP contribution in [0.3, 0.4) is 0 Å². The van der Waals surface area contributed by atoms with Crippen molar-refractivity contribution in [2.75, 3.05) is 7.05 Å². The molecule has 0 spiro atoms. The molecule has 4 bridgehead atoms. The minimum absolute atomic E-state index is 0.0642. The molecule has 208 valence electrons. The zero-order chi connectivity index (χ0) is 27.6. The highest BCUT2D eigenvalue weighted by molar-refractivity contribution is 6.03. The van der Waals surface area contributed by atoms with Crippen LogP contribution in [0.2, 0.25) is 0 Å². The molecule has 2 aliphatic heterocycles. The Morgan fingerprint density at radius 2 is 1.90 bits per heavy atom. The van der Waals surface area contributed by atoms with E-state index in [4.69, 9.17) is 15.7 Å². The molecule has 2 N–H and O–H groups in total. The van der Waals surface area contributed by atoms with E-state index in [1.165, 1.54) is 52.8 Å². The molecule has 4 fully saturated rings. The van der Waals surface area contributed by atoms with Gasteiger partial charge in [-0.05, 0) is 140 Å². The number of carbonyl (C=O) groups is 1. The van der Waals surface area contributed by atoms with Crippen LogP contribution in [0.25, 0.3) is 11.1 Å². The van der Waals surface area contributed by atoms with Gasteiger partial charge in [0.25, 0.3) is 5.91 Å². The van der Waals surface area contributed by atoms with Gasteiger partial charge in [0.1, 0.15) is 0 Å². The zero-order valence-corrected chi connectivity index (χ0v) is 24.1. The first-order valence-electron chi connectivity index (χ1n) is 15.8. The summed E-state index contributed by atoms with van der Waals surface area (Å²) in [4.78, 5) is 26.0. The first-order chi connectivity index (χ1) is 19.9. The molecule has 2 unspecified atom stereocenters. The first kappa shape index (κ1) is 24.3. The Morgan fingerprint density at radius 3 is 2.66 bits per heavy atom. The van der Waals surface area contributed by atoms with Crippen LogP contribution in [-0.4, -0.2) is 34.6 Å². The van der Waals surface area contributed by atoms with Gasteiger partial charge >= 0.3 is 0 Å². The highest BCUT2D eigenvalue weighted by atomic mass is 16.2. The van der Waals surface area contributed by atoms with E-state index in [0.29, 0.717) is 23.7 Å². The first-order valence-corrected chi connectivity index (χ1v) is 15.8. The highest BCUT2D eigenvalue weighted by Gasteiger charge is 2.63. The third-order valence-corrected chi connectivity index (χ3v) is 11.6. The zero-order valence-electron chi connectivity index (χ0n) is 24.1. The molecule has 4 saturated carbocycles. The standard InChI is InChI=1S/C36H38N4O/c1-19-12-25(18-38-34(19)36(37)17-24-14-29(24)36)21-10-11-30-23(13-21)9-8-22-15-31(39-30)32-16-28(22)33-26(20-6-7-20)4-3-5-27(33)35(41)40(32)2/h3-5,10-13,18,20,22,24,28-29,32H,6-9,14-17,37H2,1-2H3/t22?,24-,28-,29?,32+,36+/m0/s1. The summed E-state index contributed by atoms with van der Waals surface area (Å²) in [6.45, 7) is 2.17. The summed E-state index contributed by atoms with van der Waals surface area (Å²) in [5.74, 6) is 3.22. The van der Waals surface area contributed by atoms with Gasteiger partial charge in [-0.2, -0.15) is 0 Å². The monoisotopic (exact) mass is 542 g/mol. The molecule has 6 atom stereocenters. The maximum absolute atomic E-state index is 13.8. The van der Waals surface area contributed by atoms with Crippen LogP contribution in [-0.2, 0) is 12.0 Å². The Hall–Kier alpha value is -3.31. The number of nitrogens with two attached hydrogens (primary N) is 1. The number of aromatic nitrogens is 1. The lowest BCUT2D eigenvalue weighted by Crippen LogP contribution is -2.47. The number of carbonyl (C=O) groups excluding carboxylic acids is 1. The predicted octanol–water partition coefficient (Wildman–Crippen LogP) is 6.79. The predicted molar refractivity (Wildman–Crippen MR) is 162 cm³/mol.